The molecule has 0 atom stereocenters. The molecular weight excluding hydrogens is 318 g/mol. The zero-order valence-electron chi connectivity index (χ0n) is 12.6. The third-order valence-electron chi connectivity index (χ3n) is 3.96. The number of hydrogen-bond acceptors (Lipinski definition) is 7. The largest absolute Gasteiger partial charge is 0.460 e. The van der Waals surface area contributed by atoms with Gasteiger partial charge in [-0.1, -0.05) is 0 Å². The van der Waals surface area contributed by atoms with Crippen molar-refractivity contribution in [1.29, 1.82) is 0 Å². The van der Waals surface area contributed by atoms with Gasteiger partial charge in [-0.15, -0.1) is 11.3 Å². The van der Waals surface area contributed by atoms with Crippen LogP contribution < -0.4 is 9.47 Å². The van der Waals surface area contributed by atoms with E-state index in [-0.39, 0.29) is 12.8 Å². The zero-order chi connectivity index (χ0) is 15.6. The van der Waals surface area contributed by atoms with E-state index in [1.165, 1.54) is 11.3 Å². The summed E-state index contributed by atoms with van der Waals surface area (Å²) in [7, 11) is 0. The first-order chi connectivity index (χ1) is 11.3. The summed E-state index contributed by atoms with van der Waals surface area (Å²) in [6.45, 7) is 4.69. The molecule has 0 saturated carbocycles. The van der Waals surface area contributed by atoms with E-state index in [1.54, 1.807) is 0 Å². The van der Waals surface area contributed by atoms with Gasteiger partial charge in [0.15, 0.2) is 11.5 Å². The van der Waals surface area contributed by atoms with Crippen LogP contribution in [-0.4, -0.2) is 57.1 Å². The van der Waals surface area contributed by atoms with E-state index in [9.17, 15) is 4.79 Å². The highest BCUT2D eigenvalue weighted by molar-refractivity contribution is 7.20. The second-order valence-corrected chi connectivity index (χ2v) is 6.53. The van der Waals surface area contributed by atoms with Crippen molar-refractivity contribution in [3.8, 4) is 11.5 Å². The number of nitrogens with zero attached hydrogens (tertiary/aromatic N) is 1. The van der Waals surface area contributed by atoms with Crippen molar-refractivity contribution in [2.24, 2.45) is 0 Å². The Labute approximate surface area is 137 Å². The lowest BCUT2D eigenvalue weighted by Crippen LogP contribution is -2.38. The zero-order valence-corrected chi connectivity index (χ0v) is 13.4. The van der Waals surface area contributed by atoms with Crippen molar-refractivity contribution in [1.82, 2.24) is 4.90 Å². The van der Waals surface area contributed by atoms with Gasteiger partial charge >= 0.3 is 5.97 Å². The molecule has 0 N–H and O–H groups in total. The third kappa shape index (κ3) is 3.12. The number of rotatable bonds is 4. The lowest BCUT2D eigenvalue weighted by molar-refractivity contribution is 0.0197. The summed E-state index contributed by atoms with van der Waals surface area (Å²) in [4.78, 5) is 15.0. The Balaban J connectivity index is 1.39. The molecule has 1 aromatic heterocycles. The summed E-state index contributed by atoms with van der Waals surface area (Å²) in [5.74, 6) is 1.18. The fraction of sp³-hybridized carbons (Fsp3) is 0.438. The maximum absolute atomic E-state index is 12.2. The molecule has 0 amide bonds. The summed E-state index contributed by atoms with van der Waals surface area (Å²) < 4.78 is 22.4. The van der Waals surface area contributed by atoms with Gasteiger partial charge in [-0.3, -0.25) is 4.90 Å². The SMILES string of the molecule is O=C(OCCN1CCOCC1)c1cc2cc3c(cc2s1)OCO3. The summed E-state index contributed by atoms with van der Waals surface area (Å²) in [5, 5.41) is 0.972. The molecule has 7 heteroatoms. The normalized spacial score (nSPS) is 17.6. The molecule has 6 nitrogen and oxygen atoms in total. The summed E-state index contributed by atoms with van der Waals surface area (Å²) in [6, 6.07) is 5.66. The number of carbonyl (C=O) groups is 1. The van der Waals surface area contributed by atoms with Crippen molar-refractivity contribution in [2.75, 3.05) is 46.2 Å². The van der Waals surface area contributed by atoms with Crippen LogP contribution >= 0.6 is 11.3 Å². The molecule has 23 heavy (non-hydrogen) atoms. The predicted molar refractivity (Wildman–Crippen MR) is 85.5 cm³/mol. The number of esters is 1. The Bertz CT molecular complexity index is 682. The van der Waals surface area contributed by atoms with Crippen LogP contribution in [0, 0.1) is 0 Å². The van der Waals surface area contributed by atoms with Crippen molar-refractivity contribution in [2.45, 2.75) is 0 Å². The van der Waals surface area contributed by atoms with Gasteiger partial charge < -0.3 is 18.9 Å². The molecular formula is C16H17NO5S. The number of thiophene rings is 1. The minimum atomic E-state index is -0.276. The molecule has 2 aromatic rings. The minimum absolute atomic E-state index is 0.253. The van der Waals surface area contributed by atoms with E-state index < -0.39 is 0 Å². The average Bonchev–Trinajstić information content (AvgIpc) is 3.19. The van der Waals surface area contributed by atoms with E-state index in [4.69, 9.17) is 18.9 Å². The van der Waals surface area contributed by atoms with Gasteiger partial charge in [-0.25, -0.2) is 4.79 Å². The van der Waals surface area contributed by atoms with E-state index in [2.05, 4.69) is 4.90 Å². The van der Waals surface area contributed by atoms with Gasteiger partial charge in [-0.05, 0) is 17.5 Å². The average molecular weight is 335 g/mol. The van der Waals surface area contributed by atoms with Crippen molar-refractivity contribution in [3.63, 3.8) is 0 Å². The quantitative estimate of drug-likeness (QED) is 0.798. The van der Waals surface area contributed by atoms with Gasteiger partial charge in [0.25, 0.3) is 0 Å². The molecule has 3 heterocycles. The lowest BCUT2D eigenvalue weighted by atomic mass is 10.2. The molecule has 0 aliphatic carbocycles. The van der Waals surface area contributed by atoms with E-state index >= 15 is 0 Å². The number of morpholine rings is 1. The highest BCUT2D eigenvalue weighted by Crippen LogP contribution is 2.39. The third-order valence-corrected chi connectivity index (χ3v) is 5.03. The number of fused-ring (bicyclic) bond motifs is 2. The fourth-order valence-corrected chi connectivity index (χ4v) is 3.66. The molecule has 2 aliphatic rings. The molecule has 0 spiro atoms. The van der Waals surface area contributed by atoms with Crippen LogP contribution in [0.5, 0.6) is 11.5 Å². The minimum Gasteiger partial charge on any atom is -0.460 e. The van der Waals surface area contributed by atoms with Crippen molar-refractivity contribution >= 4 is 27.4 Å². The van der Waals surface area contributed by atoms with Gasteiger partial charge in [0.05, 0.1) is 13.2 Å². The van der Waals surface area contributed by atoms with Crippen LogP contribution in [0.15, 0.2) is 18.2 Å². The molecule has 1 aromatic carbocycles. The highest BCUT2D eigenvalue weighted by atomic mass is 32.1. The van der Waals surface area contributed by atoms with Crippen LogP contribution in [0.3, 0.4) is 0 Å². The van der Waals surface area contributed by atoms with E-state index in [0.717, 1.165) is 54.4 Å². The first-order valence-corrected chi connectivity index (χ1v) is 8.42. The Morgan fingerprint density at radius 2 is 1.96 bits per heavy atom. The van der Waals surface area contributed by atoms with Gasteiger partial charge in [0.2, 0.25) is 6.79 Å². The second kappa shape index (κ2) is 6.35. The maximum atomic E-state index is 12.2. The number of carbonyl (C=O) groups excluding carboxylic acids is 1. The van der Waals surface area contributed by atoms with Crippen LogP contribution in [0.4, 0.5) is 0 Å². The van der Waals surface area contributed by atoms with Crippen molar-refractivity contribution in [3.05, 3.63) is 23.1 Å². The van der Waals surface area contributed by atoms with Crippen LogP contribution in [-0.2, 0) is 9.47 Å². The van der Waals surface area contributed by atoms with Crippen LogP contribution in [0.25, 0.3) is 10.1 Å². The molecule has 4 rings (SSSR count). The monoisotopic (exact) mass is 335 g/mol. The van der Waals surface area contributed by atoms with Crippen molar-refractivity contribution < 1.29 is 23.7 Å². The highest BCUT2D eigenvalue weighted by Gasteiger charge is 2.18. The van der Waals surface area contributed by atoms with Crippen LogP contribution in [0.2, 0.25) is 0 Å². The summed E-state index contributed by atoms with van der Waals surface area (Å²) in [6.07, 6.45) is 0. The van der Waals surface area contributed by atoms with Crippen LogP contribution in [0.1, 0.15) is 9.67 Å². The van der Waals surface area contributed by atoms with Gasteiger partial charge in [0.1, 0.15) is 11.5 Å². The van der Waals surface area contributed by atoms with Gasteiger partial charge in [-0.2, -0.15) is 0 Å². The maximum Gasteiger partial charge on any atom is 0.348 e. The molecule has 122 valence electrons. The Hall–Kier alpha value is -1.83. The van der Waals surface area contributed by atoms with E-state index in [0.29, 0.717) is 11.5 Å². The first kappa shape index (κ1) is 14.7. The smallest absolute Gasteiger partial charge is 0.348 e. The molecule has 0 radical (unpaired) electrons. The first-order valence-electron chi connectivity index (χ1n) is 7.60. The molecule has 0 unspecified atom stereocenters. The Morgan fingerprint density at radius 1 is 1.17 bits per heavy atom. The summed E-state index contributed by atoms with van der Waals surface area (Å²) in [5.41, 5.74) is 0. The Kier molecular flexibility index (Phi) is 4.07. The number of benzene rings is 1. The lowest BCUT2D eigenvalue weighted by Gasteiger charge is -2.26. The Morgan fingerprint density at radius 3 is 2.78 bits per heavy atom. The summed E-state index contributed by atoms with van der Waals surface area (Å²) >= 11 is 1.41. The topological polar surface area (TPSA) is 57.2 Å². The van der Waals surface area contributed by atoms with E-state index in [1.807, 2.05) is 18.2 Å². The molecule has 1 fully saturated rings. The standard InChI is InChI=1S/C16H17NO5S/c18-16(20-6-3-17-1-4-19-5-2-17)15-8-11-7-12-13(22-10-21-12)9-14(11)23-15/h7-9H,1-6,10H2. The number of hydrogen-bond donors (Lipinski definition) is 0. The molecule has 2 aliphatic heterocycles. The predicted octanol–water partition coefficient (Wildman–Crippen LogP) is 2.12. The van der Waals surface area contributed by atoms with Gasteiger partial charge in [0, 0.05) is 30.4 Å². The molecule has 1 saturated heterocycles. The number of ether oxygens (including phenoxy) is 4. The fourth-order valence-electron chi connectivity index (χ4n) is 2.69. The molecule has 0 bridgehead atoms. The second-order valence-electron chi connectivity index (χ2n) is 5.44.